The standard InChI is InChI=1S/C17H18.CH3Br/c1-11-5-7-13-14-8-6-12(2)10-16(14)17(3,4)15(13)9-11;1-2/h5-10H,1-4H3;1H3. The van der Waals surface area contributed by atoms with Crippen molar-refractivity contribution in [3.8, 4) is 11.1 Å². The molecule has 0 radical (unpaired) electrons. The third-order valence-electron chi connectivity index (χ3n) is 3.99. The molecule has 0 atom stereocenters. The summed E-state index contributed by atoms with van der Waals surface area (Å²) in [6.07, 6.45) is 0. The maximum Gasteiger partial charge on any atom is 0.0159 e. The van der Waals surface area contributed by atoms with E-state index in [1.165, 1.54) is 33.4 Å². The fourth-order valence-corrected chi connectivity index (χ4v) is 2.97. The molecule has 2 aromatic rings. The second-order valence-electron chi connectivity index (χ2n) is 5.72. The maximum atomic E-state index is 2.94. The normalized spacial score (nSPS) is 14.2. The number of hydrogen-bond acceptors (Lipinski definition) is 0. The number of fused-ring (bicyclic) bond motifs is 3. The van der Waals surface area contributed by atoms with Crippen molar-refractivity contribution in [2.24, 2.45) is 0 Å². The zero-order valence-electron chi connectivity index (χ0n) is 12.3. The van der Waals surface area contributed by atoms with Crippen molar-refractivity contribution in [2.75, 3.05) is 5.83 Å². The molecule has 2 aromatic carbocycles. The molecule has 1 heteroatoms. The van der Waals surface area contributed by atoms with Gasteiger partial charge in [0.05, 0.1) is 0 Å². The molecule has 0 bridgehead atoms. The predicted molar refractivity (Wildman–Crippen MR) is 88.3 cm³/mol. The summed E-state index contributed by atoms with van der Waals surface area (Å²) in [5.41, 5.74) is 8.60. The molecule has 0 spiro atoms. The zero-order valence-corrected chi connectivity index (χ0v) is 13.9. The van der Waals surface area contributed by atoms with E-state index in [0.717, 1.165) is 0 Å². The Hall–Kier alpha value is -1.08. The quantitative estimate of drug-likeness (QED) is 0.553. The molecule has 100 valence electrons. The lowest BCUT2D eigenvalue weighted by Crippen LogP contribution is -2.15. The molecule has 0 saturated carbocycles. The molecule has 0 heterocycles. The van der Waals surface area contributed by atoms with E-state index in [2.05, 4.69) is 80.0 Å². The van der Waals surface area contributed by atoms with Crippen molar-refractivity contribution in [1.82, 2.24) is 0 Å². The molecule has 0 aromatic heterocycles. The number of rotatable bonds is 0. The van der Waals surface area contributed by atoms with Crippen LogP contribution in [0.1, 0.15) is 36.1 Å². The Balaban J connectivity index is 0.000000637. The molecule has 0 fully saturated rings. The lowest BCUT2D eigenvalue weighted by Gasteiger charge is -2.22. The van der Waals surface area contributed by atoms with Gasteiger partial charge in [0.25, 0.3) is 0 Å². The average Bonchev–Trinajstić information content (AvgIpc) is 2.61. The molecule has 1 aliphatic carbocycles. The molecule has 1 aliphatic rings. The van der Waals surface area contributed by atoms with E-state index < -0.39 is 0 Å². The number of alkyl halides is 1. The molecule has 0 saturated heterocycles. The Bertz CT molecular complexity index is 556. The summed E-state index contributed by atoms with van der Waals surface area (Å²) in [6, 6.07) is 13.6. The van der Waals surface area contributed by atoms with Crippen LogP contribution >= 0.6 is 15.9 Å². The van der Waals surface area contributed by atoms with Crippen LogP contribution in [0, 0.1) is 13.8 Å². The minimum absolute atomic E-state index is 0.142. The third-order valence-corrected chi connectivity index (χ3v) is 3.99. The van der Waals surface area contributed by atoms with Crippen molar-refractivity contribution >= 4 is 15.9 Å². The smallest absolute Gasteiger partial charge is 0.0159 e. The largest absolute Gasteiger partial charge is 0.0966 e. The summed E-state index contributed by atoms with van der Waals surface area (Å²) in [4.78, 5) is 0. The summed E-state index contributed by atoms with van der Waals surface area (Å²) in [5, 5.41) is 0. The lowest BCUT2D eigenvalue weighted by atomic mass is 9.81. The van der Waals surface area contributed by atoms with Gasteiger partial charge in [-0.2, -0.15) is 0 Å². The molecule has 0 nitrogen and oxygen atoms in total. The maximum absolute atomic E-state index is 2.94. The first-order valence-electron chi connectivity index (χ1n) is 6.60. The van der Waals surface area contributed by atoms with E-state index in [1.54, 1.807) is 0 Å². The van der Waals surface area contributed by atoms with E-state index in [1.807, 2.05) is 5.83 Å². The number of benzene rings is 2. The third kappa shape index (κ3) is 2.25. The van der Waals surface area contributed by atoms with E-state index >= 15 is 0 Å². The molecule has 19 heavy (non-hydrogen) atoms. The Morgan fingerprint density at radius 2 is 1.11 bits per heavy atom. The Morgan fingerprint density at radius 3 is 1.47 bits per heavy atom. The second kappa shape index (κ2) is 5.13. The average molecular weight is 317 g/mol. The van der Waals surface area contributed by atoms with Gasteiger partial charge in [-0.3, -0.25) is 0 Å². The minimum atomic E-state index is 0.142. The first-order valence-corrected chi connectivity index (χ1v) is 8.19. The molecule has 0 aliphatic heterocycles. The lowest BCUT2D eigenvalue weighted by molar-refractivity contribution is 0.659. The number of aryl methyl sites for hydroxylation is 2. The van der Waals surface area contributed by atoms with Crippen molar-refractivity contribution in [3.63, 3.8) is 0 Å². The van der Waals surface area contributed by atoms with Crippen LogP contribution in [0.5, 0.6) is 0 Å². The van der Waals surface area contributed by atoms with Gasteiger partial charge in [0, 0.05) is 5.41 Å². The van der Waals surface area contributed by atoms with Crippen LogP contribution in [0.2, 0.25) is 0 Å². The van der Waals surface area contributed by atoms with Crippen LogP contribution in [0.3, 0.4) is 0 Å². The first-order chi connectivity index (χ1) is 9.00. The van der Waals surface area contributed by atoms with Gasteiger partial charge < -0.3 is 0 Å². The first kappa shape index (κ1) is 14.3. The highest BCUT2D eigenvalue weighted by Gasteiger charge is 2.35. The van der Waals surface area contributed by atoms with Gasteiger partial charge in [-0.1, -0.05) is 77.3 Å². The molecular formula is C18H21Br. The van der Waals surface area contributed by atoms with Gasteiger partial charge in [-0.15, -0.1) is 0 Å². The van der Waals surface area contributed by atoms with Crippen LogP contribution in [-0.2, 0) is 5.41 Å². The fourth-order valence-electron chi connectivity index (χ4n) is 2.97. The fraction of sp³-hybridized carbons (Fsp3) is 0.333. The predicted octanol–water partition coefficient (Wildman–Crippen LogP) is 5.62. The Morgan fingerprint density at radius 1 is 0.737 bits per heavy atom. The van der Waals surface area contributed by atoms with Crippen molar-refractivity contribution < 1.29 is 0 Å². The monoisotopic (exact) mass is 316 g/mol. The number of hydrogen-bond donors (Lipinski definition) is 0. The Labute approximate surface area is 125 Å². The minimum Gasteiger partial charge on any atom is -0.0966 e. The molecular weight excluding hydrogens is 296 g/mol. The molecule has 3 rings (SSSR count). The van der Waals surface area contributed by atoms with Gasteiger partial charge in [0.15, 0.2) is 0 Å². The van der Waals surface area contributed by atoms with Crippen molar-refractivity contribution in [2.45, 2.75) is 33.1 Å². The van der Waals surface area contributed by atoms with E-state index in [0.29, 0.717) is 0 Å². The van der Waals surface area contributed by atoms with Gasteiger partial charge in [0.1, 0.15) is 0 Å². The summed E-state index contributed by atoms with van der Waals surface area (Å²) in [5.74, 6) is 1.81. The summed E-state index contributed by atoms with van der Waals surface area (Å²) < 4.78 is 0. The topological polar surface area (TPSA) is 0 Å². The van der Waals surface area contributed by atoms with Crippen LogP contribution < -0.4 is 0 Å². The van der Waals surface area contributed by atoms with Crippen molar-refractivity contribution in [1.29, 1.82) is 0 Å². The molecule has 0 N–H and O–H groups in total. The summed E-state index contributed by atoms with van der Waals surface area (Å²) >= 11 is 2.94. The highest BCUT2D eigenvalue weighted by molar-refractivity contribution is 9.08. The van der Waals surface area contributed by atoms with Gasteiger partial charge >= 0.3 is 0 Å². The highest BCUT2D eigenvalue weighted by Crippen LogP contribution is 2.48. The summed E-state index contributed by atoms with van der Waals surface area (Å²) in [7, 11) is 0. The van der Waals surface area contributed by atoms with Crippen molar-refractivity contribution in [3.05, 3.63) is 58.7 Å². The van der Waals surface area contributed by atoms with Gasteiger partial charge in [-0.25, -0.2) is 0 Å². The van der Waals surface area contributed by atoms with Crippen LogP contribution in [-0.4, -0.2) is 5.83 Å². The van der Waals surface area contributed by atoms with E-state index in [-0.39, 0.29) is 5.41 Å². The van der Waals surface area contributed by atoms with Crippen LogP contribution in [0.15, 0.2) is 36.4 Å². The highest BCUT2D eigenvalue weighted by atomic mass is 79.9. The number of halogens is 1. The summed E-state index contributed by atoms with van der Waals surface area (Å²) in [6.45, 7) is 9.00. The van der Waals surface area contributed by atoms with Crippen LogP contribution in [0.25, 0.3) is 11.1 Å². The molecule has 0 unspecified atom stereocenters. The second-order valence-corrected chi connectivity index (χ2v) is 5.72. The zero-order chi connectivity index (χ0) is 14.2. The Kier molecular flexibility index (Phi) is 3.87. The molecule has 0 amide bonds. The van der Waals surface area contributed by atoms with Gasteiger partial charge in [-0.05, 0) is 41.9 Å². The van der Waals surface area contributed by atoms with Crippen LogP contribution in [0.4, 0.5) is 0 Å². The van der Waals surface area contributed by atoms with Gasteiger partial charge in [0.2, 0.25) is 0 Å². The van der Waals surface area contributed by atoms with E-state index in [9.17, 15) is 0 Å². The van der Waals surface area contributed by atoms with E-state index in [4.69, 9.17) is 0 Å². The SMILES string of the molecule is CBr.Cc1ccc2c(c1)C(C)(C)c1cc(C)ccc1-2.